The van der Waals surface area contributed by atoms with Gasteiger partial charge >= 0.3 is 5.97 Å². The quantitative estimate of drug-likeness (QED) is 0.681. The lowest BCUT2D eigenvalue weighted by molar-refractivity contribution is -0.140. The zero-order valence-corrected chi connectivity index (χ0v) is 12.1. The number of fused-ring (bicyclic) bond motifs is 3. The number of methoxy groups -OCH3 is 1. The van der Waals surface area contributed by atoms with Crippen LogP contribution in [0, 0.1) is 0 Å². The summed E-state index contributed by atoms with van der Waals surface area (Å²) in [4.78, 5) is 15.8. The summed E-state index contributed by atoms with van der Waals surface area (Å²) in [5, 5.41) is 3.58. The highest BCUT2D eigenvalue weighted by atomic mass is 32.1. The Morgan fingerprint density at radius 1 is 1.25 bits per heavy atom. The topological polar surface area (TPSA) is 39.2 Å². The first-order chi connectivity index (χ1) is 9.78. The number of aromatic nitrogens is 1. The number of ether oxygens (including phenoxy) is 1. The summed E-state index contributed by atoms with van der Waals surface area (Å²) in [7, 11) is 1.42. The van der Waals surface area contributed by atoms with E-state index in [1.54, 1.807) is 11.3 Å². The first kappa shape index (κ1) is 13.1. The molecule has 3 aromatic rings. The second-order valence-corrected chi connectivity index (χ2v) is 5.76. The van der Waals surface area contributed by atoms with Crippen molar-refractivity contribution in [2.24, 2.45) is 0 Å². The summed E-state index contributed by atoms with van der Waals surface area (Å²) < 4.78 is 5.88. The normalized spacial score (nSPS) is 11.1. The summed E-state index contributed by atoms with van der Waals surface area (Å²) >= 11 is 1.72. The summed E-state index contributed by atoms with van der Waals surface area (Å²) in [6.07, 6.45) is 2.06. The summed E-state index contributed by atoms with van der Waals surface area (Å²) in [6.45, 7) is 0. The van der Waals surface area contributed by atoms with Gasteiger partial charge in [0, 0.05) is 11.8 Å². The lowest BCUT2D eigenvalue weighted by Crippen LogP contribution is -2.00. The molecule has 0 aliphatic heterocycles. The van der Waals surface area contributed by atoms with Crippen LogP contribution < -0.4 is 0 Å². The van der Waals surface area contributed by atoms with E-state index >= 15 is 0 Å². The fourth-order valence-corrected chi connectivity index (χ4v) is 3.43. The predicted molar refractivity (Wildman–Crippen MR) is 82.1 cm³/mol. The summed E-state index contributed by atoms with van der Waals surface area (Å²) in [6, 6.07) is 12.5. The van der Waals surface area contributed by atoms with Crippen molar-refractivity contribution in [1.82, 2.24) is 4.98 Å². The van der Waals surface area contributed by atoms with E-state index in [1.807, 2.05) is 6.07 Å². The Hall–Kier alpha value is -1.94. The number of carbonyl (C=O) groups is 1. The van der Waals surface area contributed by atoms with E-state index < -0.39 is 0 Å². The highest BCUT2D eigenvalue weighted by Gasteiger charge is 2.08. The zero-order valence-electron chi connectivity index (χ0n) is 11.3. The van der Waals surface area contributed by atoms with Gasteiger partial charge in [0.25, 0.3) is 0 Å². The Kier molecular flexibility index (Phi) is 3.65. The van der Waals surface area contributed by atoms with Crippen LogP contribution in [-0.4, -0.2) is 18.1 Å². The third-order valence-electron chi connectivity index (χ3n) is 3.32. The number of esters is 1. The smallest absolute Gasteiger partial charge is 0.305 e. The molecule has 1 heterocycles. The molecule has 0 aliphatic rings. The number of hydrogen-bond donors (Lipinski definition) is 0. The van der Waals surface area contributed by atoms with Crippen LogP contribution in [0.3, 0.4) is 0 Å². The zero-order chi connectivity index (χ0) is 13.9. The molecule has 3 rings (SSSR count). The second kappa shape index (κ2) is 5.59. The van der Waals surface area contributed by atoms with Crippen molar-refractivity contribution >= 4 is 38.3 Å². The van der Waals surface area contributed by atoms with Crippen molar-refractivity contribution in [3.8, 4) is 0 Å². The number of carbonyl (C=O) groups excluding carboxylic acids is 1. The maximum atomic E-state index is 11.1. The molecule has 2 aromatic carbocycles. The van der Waals surface area contributed by atoms with Gasteiger partial charge in [0.1, 0.15) is 0 Å². The number of rotatable bonds is 4. The van der Waals surface area contributed by atoms with Crippen LogP contribution in [0.2, 0.25) is 0 Å². The van der Waals surface area contributed by atoms with Crippen molar-refractivity contribution in [2.75, 3.05) is 7.11 Å². The van der Waals surface area contributed by atoms with Gasteiger partial charge in [0.15, 0.2) is 0 Å². The van der Waals surface area contributed by atoms with Crippen LogP contribution >= 0.6 is 11.3 Å². The van der Waals surface area contributed by atoms with Crippen LogP contribution in [0.5, 0.6) is 0 Å². The minimum Gasteiger partial charge on any atom is -0.469 e. The molecule has 0 radical (unpaired) electrons. The molecule has 0 aliphatic carbocycles. The second-order valence-electron chi connectivity index (χ2n) is 4.67. The fraction of sp³-hybridized carbons (Fsp3) is 0.250. The first-order valence-electron chi connectivity index (χ1n) is 6.62. The van der Waals surface area contributed by atoms with Crippen molar-refractivity contribution in [2.45, 2.75) is 19.3 Å². The molecule has 0 amide bonds. The van der Waals surface area contributed by atoms with Crippen LogP contribution in [-0.2, 0) is 16.0 Å². The molecule has 0 saturated carbocycles. The van der Waals surface area contributed by atoms with Gasteiger partial charge in [-0.3, -0.25) is 4.79 Å². The monoisotopic (exact) mass is 285 g/mol. The Morgan fingerprint density at radius 3 is 2.95 bits per heavy atom. The van der Waals surface area contributed by atoms with E-state index in [1.165, 1.54) is 22.6 Å². The molecule has 1 aromatic heterocycles. The molecular formula is C16H15NO2S. The maximum absolute atomic E-state index is 11.1. The summed E-state index contributed by atoms with van der Waals surface area (Å²) in [5.41, 5.74) is 1.04. The molecule has 0 unspecified atom stereocenters. The van der Waals surface area contributed by atoms with Crippen LogP contribution in [0.15, 0.2) is 36.4 Å². The van der Waals surface area contributed by atoms with Gasteiger partial charge in [-0.05, 0) is 24.3 Å². The van der Waals surface area contributed by atoms with Crippen molar-refractivity contribution in [1.29, 1.82) is 0 Å². The molecular weight excluding hydrogens is 270 g/mol. The Bertz CT molecular complexity index is 763. The molecule has 0 saturated heterocycles. The highest BCUT2D eigenvalue weighted by Crippen LogP contribution is 2.30. The van der Waals surface area contributed by atoms with Gasteiger partial charge in [-0.15, -0.1) is 11.3 Å². The molecule has 4 heteroatoms. The van der Waals surface area contributed by atoms with Gasteiger partial charge in [-0.25, -0.2) is 4.98 Å². The molecule has 0 bridgehead atoms. The van der Waals surface area contributed by atoms with Gasteiger partial charge in [-0.2, -0.15) is 0 Å². The van der Waals surface area contributed by atoms with Crippen LogP contribution in [0.25, 0.3) is 21.0 Å². The van der Waals surface area contributed by atoms with Gasteiger partial charge in [-0.1, -0.05) is 30.3 Å². The number of nitrogens with zero attached hydrogens (tertiary/aromatic N) is 1. The molecule has 0 N–H and O–H groups in total. The van der Waals surface area contributed by atoms with Gasteiger partial charge in [0.2, 0.25) is 0 Å². The average Bonchev–Trinajstić information content (AvgIpc) is 2.90. The molecule has 102 valence electrons. The number of thiazole rings is 1. The standard InChI is InChI=1S/C16H15NO2S/c1-19-15(18)8-4-7-14-17-13-10-9-11-5-2-3-6-12(11)16(13)20-14/h2-3,5-6,9-10H,4,7-8H2,1H3. The minimum atomic E-state index is -0.156. The maximum Gasteiger partial charge on any atom is 0.305 e. The number of benzene rings is 2. The number of aryl methyl sites for hydroxylation is 1. The van der Waals surface area contributed by atoms with Crippen LogP contribution in [0.4, 0.5) is 0 Å². The Balaban J connectivity index is 1.87. The fourth-order valence-electron chi connectivity index (χ4n) is 2.29. The molecule has 0 atom stereocenters. The highest BCUT2D eigenvalue weighted by molar-refractivity contribution is 7.19. The van der Waals surface area contributed by atoms with Gasteiger partial charge in [0.05, 0.1) is 22.3 Å². The van der Waals surface area contributed by atoms with E-state index in [0.29, 0.717) is 6.42 Å². The molecule has 0 fully saturated rings. The number of hydrogen-bond acceptors (Lipinski definition) is 4. The first-order valence-corrected chi connectivity index (χ1v) is 7.43. The Morgan fingerprint density at radius 2 is 2.10 bits per heavy atom. The van der Waals surface area contributed by atoms with Crippen molar-refractivity contribution in [3.05, 3.63) is 41.4 Å². The van der Waals surface area contributed by atoms with E-state index in [-0.39, 0.29) is 5.97 Å². The SMILES string of the molecule is COC(=O)CCCc1nc2ccc3ccccc3c2s1. The largest absolute Gasteiger partial charge is 0.469 e. The third kappa shape index (κ3) is 2.51. The molecule has 0 spiro atoms. The minimum absolute atomic E-state index is 0.156. The van der Waals surface area contributed by atoms with E-state index in [2.05, 4.69) is 40.1 Å². The lowest BCUT2D eigenvalue weighted by atomic mass is 10.1. The lowest BCUT2D eigenvalue weighted by Gasteiger charge is -1.96. The van der Waals surface area contributed by atoms with Crippen LogP contribution in [0.1, 0.15) is 17.8 Å². The average molecular weight is 285 g/mol. The van der Waals surface area contributed by atoms with E-state index in [0.717, 1.165) is 23.4 Å². The van der Waals surface area contributed by atoms with Crippen molar-refractivity contribution in [3.63, 3.8) is 0 Å². The van der Waals surface area contributed by atoms with E-state index in [9.17, 15) is 4.79 Å². The molecule has 3 nitrogen and oxygen atoms in total. The third-order valence-corrected chi connectivity index (χ3v) is 4.49. The van der Waals surface area contributed by atoms with E-state index in [4.69, 9.17) is 0 Å². The molecule has 20 heavy (non-hydrogen) atoms. The van der Waals surface area contributed by atoms with Gasteiger partial charge < -0.3 is 4.74 Å². The Labute approximate surface area is 121 Å². The summed E-state index contributed by atoms with van der Waals surface area (Å²) in [5.74, 6) is -0.156. The van der Waals surface area contributed by atoms with Crippen molar-refractivity contribution < 1.29 is 9.53 Å². The predicted octanol–water partition coefficient (Wildman–Crippen LogP) is 3.95.